The van der Waals surface area contributed by atoms with Gasteiger partial charge in [0.25, 0.3) is 0 Å². The number of rotatable bonds is 7. The topological polar surface area (TPSA) is 106 Å². The van der Waals surface area contributed by atoms with Gasteiger partial charge in [-0.15, -0.1) is 0 Å². The highest BCUT2D eigenvalue weighted by Crippen LogP contribution is 2.17. The molecular formula is C15H22N4O4. The van der Waals surface area contributed by atoms with E-state index in [9.17, 15) is 9.59 Å². The Bertz CT molecular complexity index is 527. The van der Waals surface area contributed by atoms with Gasteiger partial charge in [0.05, 0.1) is 24.9 Å². The number of anilines is 2. The fourth-order valence-electron chi connectivity index (χ4n) is 2.44. The predicted molar refractivity (Wildman–Crippen MR) is 85.5 cm³/mol. The average molecular weight is 322 g/mol. The Kier molecular flexibility index (Phi) is 6.30. The number of amides is 1. The predicted octanol–water partition coefficient (Wildman–Crippen LogP) is -0.000800. The van der Waals surface area contributed by atoms with Crippen molar-refractivity contribution in [1.29, 1.82) is 0 Å². The van der Waals surface area contributed by atoms with Crippen LogP contribution in [0.1, 0.15) is 12.8 Å². The lowest BCUT2D eigenvalue weighted by Crippen LogP contribution is -2.47. The van der Waals surface area contributed by atoms with Gasteiger partial charge in [0, 0.05) is 39.1 Å². The maximum Gasteiger partial charge on any atom is 0.303 e. The third-order valence-electron chi connectivity index (χ3n) is 3.73. The number of aliphatic hydroxyl groups excluding tert-OH is 1. The van der Waals surface area contributed by atoms with Crippen LogP contribution in [-0.4, -0.2) is 71.3 Å². The molecule has 1 amide bonds. The third-order valence-corrected chi connectivity index (χ3v) is 3.73. The van der Waals surface area contributed by atoms with Crippen LogP contribution < -0.4 is 10.2 Å². The first-order chi connectivity index (χ1) is 11.1. The van der Waals surface area contributed by atoms with E-state index >= 15 is 0 Å². The molecule has 0 saturated carbocycles. The van der Waals surface area contributed by atoms with Crippen molar-refractivity contribution in [2.75, 3.05) is 49.5 Å². The van der Waals surface area contributed by atoms with Gasteiger partial charge in [-0.1, -0.05) is 0 Å². The molecule has 0 unspecified atom stereocenters. The summed E-state index contributed by atoms with van der Waals surface area (Å²) in [5.74, 6) is -0.933. The van der Waals surface area contributed by atoms with Gasteiger partial charge in [0.15, 0.2) is 0 Å². The summed E-state index contributed by atoms with van der Waals surface area (Å²) in [7, 11) is 0. The van der Waals surface area contributed by atoms with Gasteiger partial charge in [-0.3, -0.25) is 14.5 Å². The van der Waals surface area contributed by atoms with Gasteiger partial charge in [-0.2, -0.15) is 0 Å². The first-order valence-electron chi connectivity index (χ1n) is 7.64. The van der Waals surface area contributed by atoms with Crippen LogP contribution >= 0.6 is 0 Å². The second-order valence-corrected chi connectivity index (χ2v) is 5.40. The number of carboxylic acid groups (broad SMARTS) is 1. The van der Waals surface area contributed by atoms with E-state index in [-0.39, 0.29) is 25.4 Å². The minimum atomic E-state index is -0.996. The Balaban J connectivity index is 1.83. The number of aliphatic carboxylic acids is 1. The molecule has 23 heavy (non-hydrogen) atoms. The van der Waals surface area contributed by atoms with E-state index in [0.717, 1.165) is 31.9 Å². The van der Waals surface area contributed by atoms with Crippen LogP contribution in [0.4, 0.5) is 11.5 Å². The fraction of sp³-hybridized carbons (Fsp3) is 0.533. The molecule has 8 nitrogen and oxygen atoms in total. The molecule has 2 heterocycles. The van der Waals surface area contributed by atoms with E-state index in [2.05, 4.69) is 20.1 Å². The Morgan fingerprint density at radius 3 is 2.48 bits per heavy atom. The molecule has 1 aromatic heterocycles. The smallest absolute Gasteiger partial charge is 0.303 e. The molecule has 0 atom stereocenters. The standard InChI is InChI=1S/C15H22N4O4/c20-10-9-18-5-7-19(8-6-18)12-1-2-13(16-11-12)17-14(21)3-4-15(22)23/h1-2,11,20H,3-10H2,(H,22,23)(H,16,17,21). The molecule has 1 aromatic rings. The van der Waals surface area contributed by atoms with Gasteiger partial charge in [-0.05, 0) is 12.1 Å². The lowest BCUT2D eigenvalue weighted by Gasteiger charge is -2.35. The van der Waals surface area contributed by atoms with Crippen LogP contribution in [0.5, 0.6) is 0 Å². The van der Waals surface area contributed by atoms with Gasteiger partial charge in [-0.25, -0.2) is 4.98 Å². The number of nitrogens with one attached hydrogen (secondary N) is 1. The van der Waals surface area contributed by atoms with Crippen molar-refractivity contribution in [3.05, 3.63) is 18.3 Å². The number of aromatic nitrogens is 1. The number of carboxylic acids is 1. The maximum absolute atomic E-state index is 11.6. The molecule has 0 radical (unpaired) electrons. The number of piperazine rings is 1. The monoisotopic (exact) mass is 322 g/mol. The molecule has 1 fully saturated rings. The van der Waals surface area contributed by atoms with Crippen LogP contribution in [0.2, 0.25) is 0 Å². The van der Waals surface area contributed by atoms with E-state index in [0.29, 0.717) is 12.4 Å². The highest BCUT2D eigenvalue weighted by molar-refractivity contribution is 5.91. The van der Waals surface area contributed by atoms with Gasteiger partial charge >= 0.3 is 5.97 Å². The van der Waals surface area contributed by atoms with Crippen molar-refractivity contribution < 1.29 is 19.8 Å². The lowest BCUT2D eigenvalue weighted by atomic mass is 10.2. The molecule has 0 aromatic carbocycles. The van der Waals surface area contributed by atoms with Crippen LogP contribution in [0.15, 0.2) is 18.3 Å². The van der Waals surface area contributed by atoms with Crippen LogP contribution in [0, 0.1) is 0 Å². The summed E-state index contributed by atoms with van der Waals surface area (Å²) in [6.07, 6.45) is 1.45. The van der Waals surface area contributed by atoms with Crippen molar-refractivity contribution in [3.8, 4) is 0 Å². The molecule has 8 heteroatoms. The second-order valence-electron chi connectivity index (χ2n) is 5.40. The van der Waals surface area contributed by atoms with E-state index in [1.165, 1.54) is 0 Å². The van der Waals surface area contributed by atoms with Crippen molar-refractivity contribution in [3.63, 3.8) is 0 Å². The van der Waals surface area contributed by atoms with Crippen LogP contribution in [0.3, 0.4) is 0 Å². The number of nitrogens with zero attached hydrogens (tertiary/aromatic N) is 3. The van der Waals surface area contributed by atoms with E-state index < -0.39 is 5.97 Å². The highest BCUT2D eigenvalue weighted by Gasteiger charge is 2.17. The summed E-state index contributed by atoms with van der Waals surface area (Å²) < 4.78 is 0. The van der Waals surface area contributed by atoms with Crippen molar-refractivity contribution in [1.82, 2.24) is 9.88 Å². The Hall–Kier alpha value is -2.19. The summed E-state index contributed by atoms with van der Waals surface area (Å²) in [5, 5.41) is 20.1. The minimum Gasteiger partial charge on any atom is -0.481 e. The molecule has 3 N–H and O–H groups in total. The molecular weight excluding hydrogens is 300 g/mol. The quantitative estimate of drug-likeness (QED) is 0.649. The summed E-state index contributed by atoms with van der Waals surface area (Å²) in [6, 6.07) is 3.61. The summed E-state index contributed by atoms with van der Waals surface area (Å²) >= 11 is 0. The Morgan fingerprint density at radius 1 is 1.17 bits per heavy atom. The number of carbonyl (C=O) groups excluding carboxylic acids is 1. The first-order valence-corrected chi connectivity index (χ1v) is 7.64. The van der Waals surface area contributed by atoms with Crippen LogP contribution in [0.25, 0.3) is 0 Å². The van der Waals surface area contributed by atoms with E-state index in [1.54, 1.807) is 12.3 Å². The number of pyridine rings is 1. The Labute approximate surface area is 134 Å². The molecule has 0 bridgehead atoms. The zero-order valence-electron chi connectivity index (χ0n) is 12.9. The molecule has 0 spiro atoms. The van der Waals surface area contributed by atoms with Crippen molar-refractivity contribution in [2.24, 2.45) is 0 Å². The summed E-state index contributed by atoms with van der Waals surface area (Å²) in [5.41, 5.74) is 0.984. The molecule has 1 saturated heterocycles. The molecule has 1 aliphatic rings. The summed E-state index contributed by atoms with van der Waals surface area (Å²) in [6.45, 7) is 4.41. The first kappa shape index (κ1) is 17.2. The molecule has 2 rings (SSSR count). The molecule has 0 aliphatic carbocycles. The highest BCUT2D eigenvalue weighted by atomic mass is 16.4. The largest absolute Gasteiger partial charge is 0.481 e. The lowest BCUT2D eigenvalue weighted by molar-refractivity contribution is -0.138. The van der Waals surface area contributed by atoms with Crippen molar-refractivity contribution in [2.45, 2.75) is 12.8 Å². The average Bonchev–Trinajstić information content (AvgIpc) is 2.55. The normalized spacial score (nSPS) is 15.4. The zero-order valence-corrected chi connectivity index (χ0v) is 12.9. The van der Waals surface area contributed by atoms with Gasteiger partial charge < -0.3 is 20.4 Å². The number of hydrogen-bond acceptors (Lipinski definition) is 6. The van der Waals surface area contributed by atoms with Gasteiger partial charge in [0.2, 0.25) is 5.91 Å². The van der Waals surface area contributed by atoms with Crippen LogP contribution in [-0.2, 0) is 9.59 Å². The maximum atomic E-state index is 11.6. The fourth-order valence-corrected chi connectivity index (χ4v) is 2.44. The minimum absolute atomic E-state index is 0.0639. The van der Waals surface area contributed by atoms with E-state index in [4.69, 9.17) is 10.2 Å². The number of carbonyl (C=O) groups is 2. The van der Waals surface area contributed by atoms with Crippen molar-refractivity contribution >= 4 is 23.4 Å². The third kappa shape index (κ3) is 5.50. The number of aliphatic hydroxyl groups is 1. The molecule has 126 valence electrons. The number of β-amino-alcohol motifs (C(OH)–C–C–N with tert-alkyl or cyclic N) is 1. The molecule has 1 aliphatic heterocycles. The Morgan fingerprint density at radius 2 is 1.91 bits per heavy atom. The zero-order chi connectivity index (χ0) is 16.7. The summed E-state index contributed by atoms with van der Waals surface area (Å²) in [4.78, 5) is 30.6. The SMILES string of the molecule is O=C(O)CCC(=O)Nc1ccc(N2CCN(CCO)CC2)cn1. The second kappa shape index (κ2) is 8.44. The van der Waals surface area contributed by atoms with Gasteiger partial charge in [0.1, 0.15) is 5.82 Å². The van der Waals surface area contributed by atoms with E-state index in [1.807, 2.05) is 6.07 Å². The number of hydrogen-bond donors (Lipinski definition) is 3.